The zero-order valence-electron chi connectivity index (χ0n) is 19.0. The SMILES string of the molecule is O=C(O)/C=C/c1ccc(/C=C/C(=O)O)c(NCCCNCCCCCCN2C(=O)C=CC2=O)c1. The summed E-state index contributed by atoms with van der Waals surface area (Å²) in [6, 6.07) is 5.26. The number of carbonyl (C=O) groups is 4. The molecule has 0 radical (unpaired) electrons. The van der Waals surface area contributed by atoms with E-state index in [1.165, 1.54) is 29.2 Å². The van der Waals surface area contributed by atoms with Crippen molar-refractivity contribution in [1.82, 2.24) is 10.2 Å². The molecular formula is C25H31N3O6. The average molecular weight is 470 g/mol. The first-order valence-electron chi connectivity index (χ1n) is 11.3. The molecule has 0 aliphatic carbocycles. The highest BCUT2D eigenvalue weighted by Crippen LogP contribution is 2.20. The van der Waals surface area contributed by atoms with E-state index in [9.17, 15) is 19.2 Å². The van der Waals surface area contributed by atoms with Gasteiger partial charge in [-0.2, -0.15) is 0 Å². The van der Waals surface area contributed by atoms with E-state index in [2.05, 4.69) is 10.6 Å². The number of rotatable bonds is 16. The molecule has 1 aromatic carbocycles. The van der Waals surface area contributed by atoms with Crippen molar-refractivity contribution in [3.8, 4) is 0 Å². The molecule has 0 fully saturated rings. The normalized spacial score (nSPS) is 13.5. The Kier molecular flexibility index (Phi) is 11.3. The van der Waals surface area contributed by atoms with Gasteiger partial charge in [-0.25, -0.2) is 9.59 Å². The van der Waals surface area contributed by atoms with Crippen LogP contribution in [-0.4, -0.2) is 65.0 Å². The summed E-state index contributed by atoms with van der Waals surface area (Å²) in [5, 5.41) is 24.3. The van der Waals surface area contributed by atoms with E-state index in [4.69, 9.17) is 10.2 Å². The molecule has 182 valence electrons. The number of hydrogen-bond acceptors (Lipinski definition) is 6. The number of aliphatic carboxylic acids is 2. The van der Waals surface area contributed by atoms with E-state index >= 15 is 0 Å². The summed E-state index contributed by atoms with van der Waals surface area (Å²) < 4.78 is 0. The smallest absolute Gasteiger partial charge is 0.328 e. The number of carboxylic acids is 2. The maximum absolute atomic E-state index is 11.5. The van der Waals surface area contributed by atoms with Crippen LogP contribution in [0.5, 0.6) is 0 Å². The molecule has 9 nitrogen and oxygen atoms in total. The number of imide groups is 1. The second-order valence-electron chi connectivity index (χ2n) is 7.80. The van der Waals surface area contributed by atoms with Crippen LogP contribution in [0.2, 0.25) is 0 Å². The Bertz CT molecular complexity index is 949. The lowest BCUT2D eigenvalue weighted by Gasteiger charge is -2.13. The molecule has 1 heterocycles. The van der Waals surface area contributed by atoms with Crippen molar-refractivity contribution in [2.24, 2.45) is 0 Å². The summed E-state index contributed by atoms with van der Waals surface area (Å²) in [5.74, 6) is -2.54. The Morgan fingerprint density at radius 1 is 0.824 bits per heavy atom. The molecule has 0 saturated carbocycles. The van der Waals surface area contributed by atoms with E-state index in [0.717, 1.165) is 63.0 Å². The average Bonchev–Trinajstić information content (AvgIpc) is 3.12. The van der Waals surface area contributed by atoms with Crippen molar-refractivity contribution in [1.29, 1.82) is 0 Å². The van der Waals surface area contributed by atoms with E-state index < -0.39 is 11.9 Å². The van der Waals surface area contributed by atoms with Crippen molar-refractivity contribution in [2.45, 2.75) is 32.1 Å². The van der Waals surface area contributed by atoms with Gasteiger partial charge in [0.2, 0.25) is 0 Å². The summed E-state index contributed by atoms with van der Waals surface area (Å²) in [6.07, 6.45) is 12.4. The molecule has 0 atom stereocenters. The first kappa shape index (κ1) is 26.5. The largest absolute Gasteiger partial charge is 0.478 e. The van der Waals surface area contributed by atoms with Crippen LogP contribution in [0.25, 0.3) is 12.2 Å². The second-order valence-corrected chi connectivity index (χ2v) is 7.80. The zero-order valence-corrected chi connectivity index (χ0v) is 19.0. The number of carbonyl (C=O) groups excluding carboxylic acids is 2. The van der Waals surface area contributed by atoms with Crippen molar-refractivity contribution in [2.75, 3.05) is 31.5 Å². The number of nitrogens with zero attached hydrogens (tertiary/aromatic N) is 1. The first-order chi connectivity index (χ1) is 16.4. The zero-order chi connectivity index (χ0) is 24.8. The quantitative estimate of drug-likeness (QED) is 0.165. The van der Waals surface area contributed by atoms with Gasteiger partial charge in [-0.1, -0.05) is 25.0 Å². The van der Waals surface area contributed by atoms with Gasteiger partial charge in [0.25, 0.3) is 11.8 Å². The highest BCUT2D eigenvalue weighted by molar-refractivity contribution is 6.12. The lowest BCUT2D eigenvalue weighted by atomic mass is 10.1. The fraction of sp³-hybridized carbons (Fsp3) is 0.360. The van der Waals surface area contributed by atoms with Gasteiger partial charge < -0.3 is 20.8 Å². The Hall–Kier alpha value is -3.72. The molecule has 34 heavy (non-hydrogen) atoms. The Balaban J connectivity index is 1.64. The predicted molar refractivity (Wildman–Crippen MR) is 130 cm³/mol. The molecule has 4 N–H and O–H groups in total. The molecule has 9 heteroatoms. The standard InChI is InChI=1S/C25H31N3O6/c29-22-10-11-23(30)28(22)17-4-2-1-3-14-26-15-5-16-27-21-18-19(7-12-24(31)32)6-8-20(21)9-13-25(33)34/h6-13,18,26-27H,1-5,14-17H2,(H,31,32)(H,33,34)/b12-7+,13-9+. The van der Waals surface area contributed by atoms with Gasteiger partial charge in [-0.05, 0) is 61.7 Å². The number of nitrogens with one attached hydrogen (secondary N) is 2. The fourth-order valence-electron chi connectivity index (χ4n) is 3.39. The van der Waals surface area contributed by atoms with Crippen molar-refractivity contribution >= 4 is 41.6 Å². The molecule has 1 aromatic rings. The minimum absolute atomic E-state index is 0.228. The molecular weight excluding hydrogens is 438 g/mol. The third-order valence-corrected chi connectivity index (χ3v) is 5.13. The Morgan fingerprint density at radius 2 is 1.47 bits per heavy atom. The van der Waals surface area contributed by atoms with E-state index in [-0.39, 0.29) is 11.8 Å². The number of amides is 2. The summed E-state index contributed by atoms with van der Waals surface area (Å²) in [5.41, 5.74) is 2.14. The van der Waals surface area contributed by atoms with Crippen LogP contribution in [0.1, 0.15) is 43.2 Å². The molecule has 1 aliphatic rings. The topological polar surface area (TPSA) is 136 Å². The first-order valence-corrected chi connectivity index (χ1v) is 11.3. The highest BCUT2D eigenvalue weighted by Gasteiger charge is 2.22. The lowest BCUT2D eigenvalue weighted by Crippen LogP contribution is -2.30. The number of anilines is 1. The Morgan fingerprint density at radius 3 is 2.18 bits per heavy atom. The minimum Gasteiger partial charge on any atom is -0.478 e. The number of carboxylic acid groups (broad SMARTS) is 2. The molecule has 2 rings (SSSR count). The van der Waals surface area contributed by atoms with Crippen LogP contribution < -0.4 is 10.6 Å². The summed E-state index contributed by atoms with van der Waals surface area (Å²) >= 11 is 0. The number of hydrogen-bond donors (Lipinski definition) is 4. The second kappa shape index (κ2) is 14.4. The summed E-state index contributed by atoms with van der Waals surface area (Å²) in [6.45, 7) is 2.83. The van der Waals surface area contributed by atoms with Crippen molar-refractivity contribution < 1.29 is 29.4 Å². The third-order valence-electron chi connectivity index (χ3n) is 5.13. The summed E-state index contributed by atoms with van der Waals surface area (Å²) in [7, 11) is 0. The van der Waals surface area contributed by atoms with Gasteiger partial charge in [0.05, 0.1) is 0 Å². The van der Waals surface area contributed by atoms with Gasteiger partial charge >= 0.3 is 11.9 Å². The van der Waals surface area contributed by atoms with E-state index in [1.807, 2.05) is 0 Å². The molecule has 0 unspecified atom stereocenters. The van der Waals surface area contributed by atoms with Crippen LogP contribution in [0, 0.1) is 0 Å². The third kappa shape index (κ3) is 9.83. The van der Waals surface area contributed by atoms with Gasteiger partial charge in [0, 0.05) is 43.1 Å². The maximum atomic E-state index is 11.5. The van der Waals surface area contributed by atoms with Crippen LogP contribution in [0.4, 0.5) is 5.69 Å². The van der Waals surface area contributed by atoms with Gasteiger partial charge in [-0.15, -0.1) is 0 Å². The predicted octanol–water partition coefficient (Wildman–Crippen LogP) is 2.76. The fourth-order valence-corrected chi connectivity index (χ4v) is 3.39. The van der Waals surface area contributed by atoms with Crippen LogP contribution in [0.15, 0.2) is 42.5 Å². The molecule has 0 aromatic heterocycles. The molecule has 0 bridgehead atoms. The number of unbranched alkanes of at least 4 members (excludes halogenated alkanes) is 3. The Labute approximate surface area is 198 Å². The molecule has 0 saturated heterocycles. The van der Waals surface area contributed by atoms with E-state index in [1.54, 1.807) is 18.2 Å². The molecule has 1 aliphatic heterocycles. The van der Waals surface area contributed by atoms with Crippen LogP contribution in [0.3, 0.4) is 0 Å². The lowest BCUT2D eigenvalue weighted by molar-refractivity contribution is -0.137. The van der Waals surface area contributed by atoms with Crippen LogP contribution in [-0.2, 0) is 19.2 Å². The van der Waals surface area contributed by atoms with E-state index in [0.29, 0.717) is 24.2 Å². The number of benzene rings is 1. The van der Waals surface area contributed by atoms with Gasteiger partial charge in [-0.3, -0.25) is 14.5 Å². The monoisotopic (exact) mass is 469 g/mol. The highest BCUT2D eigenvalue weighted by atomic mass is 16.4. The van der Waals surface area contributed by atoms with Gasteiger partial charge in [0.1, 0.15) is 0 Å². The van der Waals surface area contributed by atoms with Crippen molar-refractivity contribution in [3.05, 3.63) is 53.6 Å². The van der Waals surface area contributed by atoms with Crippen LogP contribution >= 0.6 is 0 Å². The molecule has 2 amide bonds. The van der Waals surface area contributed by atoms with Gasteiger partial charge in [0.15, 0.2) is 0 Å². The van der Waals surface area contributed by atoms with Crippen molar-refractivity contribution in [3.63, 3.8) is 0 Å². The minimum atomic E-state index is -1.04. The molecule has 0 spiro atoms. The maximum Gasteiger partial charge on any atom is 0.328 e. The summed E-state index contributed by atoms with van der Waals surface area (Å²) in [4.78, 5) is 45.8.